The summed E-state index contributed by atoms with van der Waals surface area (Å²) in [6.45, 7) is 4.37. The number of likely N-dealkylation sites (N-methyl/N-ethyl adjacent to an activating group) is 1. The first kappa shape index (κ1) is 21.4. The lowest BCUT2D eigenvalue weighted by Crippen LogP contribution is -2.30. The summed E-state index contributed by atoms with van der Waals surface area (Å²) in [6, 6.07) is 5.71. The van der Waals surface area contributed by atoms with E-state index in [0.29, 0.717) is 35.9 Å². The smallest absolute Gasteiger partial charge is 0.409 e. The number of rotatable bonds is 7. The summed E-state index contributed by atoms with van der Waals surface area (Å²) in [5, 5.41) is 13.0. The van der Waals surface area contributed by atoms with E-state index in [0.717, 1.165) is 23.3 Å². The molecule has 2 aromatic rings. The van der Waals surface area contributed by atoms with Gasteiger partial charge in [-0.1, -0.05) is 6.08 Å². The summed E-state index contributed by atoms with van der Waals surface area (Å²) in [5.74, 6) is 0.440. The third-order valence-corrected chi connectivity index (χ3v) is 5.98. The molecule has 0 spiro atoms. The highest BCUT2D eigenvalue weighted by molar-refractivity contribution is 7.16. The van der Waals surface area contributed by atoms with Crippen molar-refractivity contribution in [3.05, 3.63) is 58.9 Å². The molecule has 30 heavy (non-hydrogen) atoms. The zero-order valence-electron chi connectivity index (χ0n) is 16.7. The van der Waals surface area contributed by atoms with Crippen LogP contribution in [0.25, 0.3) is 6.08 Å². The topological polar surface area (TPSA) is 95.6 Å². The predicted octanol–water partition coefficient (Wildman–Crippen LogP) is 4.22. The zero-order valence-corrected chi connectivity index (χ0v) is 17.5. The highest BCUT2D eigenvalue weighted by Gasteiger charge is 2.27. The predicted molar refractivity (Wildman–Crippen MR) is 115 cm³/mol. The Morgan fingerprint density at radius 3 is 3.07 bits per heavy atom. The van der Waals surface area contributed by atoms with Crippen molar-refractivity contribution in [2.24, 2.45) is 5.92 Å². The Hall–Kier alpha value is -3.31. The number of thiophene rings is 1. The molecule has 0 bridgehead atoms. The monoisotopic (exact) mass is 425 g/mol. The summed E-state index contributed by atoms with van der Waals surface area (Å²) >= 11 is 1.41. The first-order valence-corrected chi connectivity index (χ1v) is 10.4. The second-order valence-corrected chi connectivity index (χ2v) is 8.12. The molecule has 1 atom stereocenters. The van der Waals surface area contributed by atoms with Crippen molar-refractivity contribution in [1.82, 2.24) is 4.90 Å². The maximum absolute atomic E-state index is 12.2. The van der Waals surface area contributed by atoms with Crippen LogP contribution < -0.4 is 5.32 Å². The van der Waals surface area contributed by atoms with Crippen LogP contribution in [0.15, 0.2) is 41.5 Å². The van der Waals surface area contributed by atoms with E-state index in [2.05, 4.69) is 18.0 Å². The number of fused-ring (bicyclic) bond motifs is 1. The molecule has 2 heterocycles. The van der Waals surface area contributed by atoms with Crippen LogP contribution >= 0.6 is 11.3 Å². The minimum atomic E-state index is -0.374. The Labute approximate surface area is 179 Å². The van der Waals surface area contributed by atoms with Crippen LogP contribution in [0.5, 0.6) is 0 Å². The van der Waals surface area contributed by atoms with Crippen molar-refractivity contribution in [3.63, 3.8) is 0 Å². The number of carbonyl (C=O) groups is 2. The third-order valence-electron chi connectivity index (χ3n) is 4.82. The molecule has 2 amide bonds. The molecule has 156 valence electrons. The van der Waals surface area contributed by atoms with Gasteiger partial charge >= 0.3 is 6.09 Å². The van der Waals surface area contributed by atoms with Crippen molar-refractivity contribution in [2.45, 2.75) is 19.3 Å². The Bertz CT molecular complexity index is 985. The summed E-state index contributed by atoms with van der Waals surface area (Å²) < 4.78 is 10.6. The summed E-state index contributed by atoms with van der Waals surface area (Å²) in [7, 11) is 1.66. The van der Waals surface area contributed by atoms with E-state index in [1.54, 1.807) is 31.3 Å². The van der Waals surface area contributed by atoms with Gasteiger partial charge in [-0.3, -0.25) is 4.79 Å². The first-order valence-electron chi connectivity index (χ1n) is 9.57. The standard InChI is InChI=1S/C22H23N3O4S/c1-3-10-25(2)22(27)29-14-15-6-8-17-18(13-23)21(30-19(17)12-15)24-20(26)9-7-16-5-4-11-28-16/h3-5,7,9,11,15H,1,6,8,10,12,14H2,2H3,(H,24,26). The minimum absolute atomic E-state index is 0.186. The van der Waals surface area contributed by atoms with Crippen LogP contribution in [-0.4, -0.2) is 37.1 Å². The number of hydrogen-bond donors (Lipinski definition) is 1. The lowest BCUT2D eigenvalue weighted by Gasteiger charge is -2.23. The average Bonchev–Trinajstić information content (AvgIpc) is 3.37. The summed E-state index contributed by atoms with van der Waals surface area (Å²) in [6.07, 6.45) is 8.00. The van der Waals surface area contributed by atoms with E-state index in [1.807, 2.05) is 0 Å². The average molecular weight is 426 g/mol. The Morgan fingerprint density at radius 1 is 1.53 bits per heavy atom. The van der Waals surface area contributed by atoms with Gasteiger partial charge in [0.15, 0.2) is 0 Å². The number of nitrogens with zero attached hydrogens (tertiary/aromatic N) is 2. The third kappa shape index (κ3) is 5.19. The number of anilines is 1. The summed E-state index contributed by atoms with van der Waals surface area (Å²) in [4.78, 5) is 26.7. The van der Waals surface area contributed by atoms with Gasteiger partial charge in [0, 0.05) is 24.5 Å². The van der Waals surface area contributed by atoms with Gasteiger partial charge in [-0.2, -0.15) is 5.26 Å². The fraction of sp³-hybridized carbons (Fsp3) is 0.318. The molecule has 1 unspecified atom stereocenters. The molecule has 3 rings (SSSR count). The molecule has 0 saturated heterocycles. The first-order chi connectivity index (χ1) is 14.5. The second kappa shape index (κ2) is 9.94. The van der Waals surface area contributed by atoms with E-state index >= 15 is 0 Å². The Kier molecular flexibility index (Phi) is 7.09. The molecule has 1 aliphatic rings. The van der Waals surface area contributed by atoms with Crippen molar-refractivity contribution < 1.29 is 18.7 Å². The normalized spacial score (nSPS) is 15.3. The highest BCUT2D eigenvalue weighted by Crippen LogP contribution is 2.39. The zero-order chi connectivity index (χ0) is 21.5. The molecule has 2 aromatic heterocycles. The van der Waals surface area contributed by atoms with E-state index in [9.17, 15) is 14.9 Å². The molecule has 1 N–H and O–H groups in total. The van der Waals surface area contributed by atoms with Gasteiger partial charge in [-0.25, -0.2) is 4.79 Å². The number of ether oxygens (including phenoxy) is 1. The van der Waals surface area contributed by atoms with Gasteiger partial charge in [0.25, 0.3) is 0 Å². The lowest BCUT2D eigenvalue weighted by atomic mass is 9.88. The van der Waals surface area contributed by atoms with Crippen molar-refractivity contribution in [3.8, 4) is 6.07 Å². The molecule has 1 aliphatic carbocycles. The molecular formula is C22H23N3O4S. The van der Waals surface area contributed by atoms with Crippen LogP contribution in [0.3, 0.4) is 0 Å². The van der Waals surface area contributed by atoms with Crippen LogP contribution in [-0.2, 0) is 22.4 Å². The SMILES string of the molecule is C=CCN(C)C(=O)OCC1CCc2c(sc(NC(=O)C=Cc3ccco3)c2C#N)C1. The Balaban J connectivity index is 1.62. The summed E-state index contributed by atoms with van der Waals surface area (Å²) in [5.41, 5.74) is 1.51. The highest BCUT2D eigenvalue weighted by atomic mass is 32.1. The number of furan rings is 1. The molecule has 8 heteroatoms. The number of amides is 2. The van der Waals surface area contributed by atoms with Gasteiger partial charge in [0.05, 0.1) is 18.4 Å². The van der Waals surface area contributed by atoms with E-state index in [4.69, 9.17) is 9.15 Å². The number of nitrogens with one attached hydrogen (secondary N) is 1. The minimum Gasteiger partial charge on any atom is -0.465 e. The maximum Gasteiger partial charge on any atom is 0.409 e. The van der Waals surface area contributed by atoms with Crippen LogP contribution in [0.1, 0.15) is 28.2 Å². The Morgan fingerprint density at radius 2 is 2.37 bits per heavy atom. The fourth-order valence-corrected chi connectivity index (χ4v) is 4.58. The second-order valence-electron chi connectivity index (χ2n) is 7.01. The molecular weight excluding hydrogens is 402 g/mol. The molecule has 0 aromatic carbocycles. The van der Waals surface area contributed by atoms with Gasteiger partial charge < -0.3 is 19.4 Å². The molecule has 0 fully saturated rings. The van der Waals surface area contributed by atoms with Crippen LogP contribution in [0.2, 0.25) is 0 Å². The van der Waals surface area contributed by atoms with Gasteiger partial charge in [-0.05, 0) is 49.0 Å². The van der Waals surface area contributed by atoms with Crippen LogP contribution in [0.4, 0.5) is 9.80 Å². The number of nitriles is 1. The van der Waals surface area contributed by atoms with E-state index in [-0.39, 0.29) is 17.9 Å². The molecule has 0 radical (unpaired) electrons. The maximum atomic E-state index is 12.2. The van der Waals surface area contributed by atoms with E-state index < -0.39 is 0 Å². The fourth-order valence-electron chi connectivity index (χ4n) is 3.27. The van der Waals surface area contributed by atoms with Crippen molar-refractivity contribution in [2.75, 3.05) is 25.5 Å². The van der Waals surface area contributed by atoms with Gasteiger partial charge in [-0.15, -0.1) is 17.9 Å². The molecule has 7 nitrogen and oxygen atoms in total. The number of hydrogen-bond acceptors (Lipinski definition) is 6. The van der Waals surface area contributed by atoms with Crippen molar-refractivity contribution >= 4 is 34.4 Å². The quantitative estimate of drug-likeness (QED) is 0.529. The van der Waals surface area contributed by atoms with Gasteiger partial charge in [0.1, 0.15) is 16.8 Å². The number of carbonyl (C=O) groups excluding carboxylic acids is 2. The lowest BCUT2D eigenvalue weighted by molar-refractivity contribution is -0.111. The van der Waals surface area contributed by atoms with Gasteiger partial charge in [0.2, 0.25) is 5.91 Å². The molecule has 0 saturated carbocycles. The van der Waals surface area contributed by atoms with Crippen LogP contribution in [0, 0.1) is 17.2 Å². The van der Waals surface area contributed by atoms with Crippen molar-refractivity contribution in [1.29, 1.82) is 5.26 Å². The van der Waals surface area contributed by atoms with E-state index in [1.165, 1.54) is 28.6 Å². The molecule has 0 aliphatic heterocycles. The largest absolute Gasteiger partial charge is 0.465 e.